The van der Waals surface area contributed by atoms with Gasteiger partial charge < -0.3 is 4.74 Å². The van der Waals surface area contributed by atoms with Gasteiger partial charge >= 0.3 is 0 Å². The summed E-state index contributed by atoms with van der Waals surface area (Å²) >= 11 is 4.25. The Balaban J connectivity index is 1.41. The lowest BCUT2D eigenvalue weighted by atomic mass is 10.0. The lowest BCUT2D eigenvalue weighted by Crippen LogP contribution is -1.97. The van der Waals surface area contributed by atoms with Crippen molar-refractivity contribution >= 4 is 34.2 Å². The Labute approximate surface area is 163 Å². The van der Waals surface area contributed by atoms with Crippen LogP contribution in [0.15, 0.2) is 54.6 Å². The molecule has 0 unspecified atom stereocenters. The summed E-state index contributed by atoms with van der Waals surface area (Å²) in [6, 6.07) is 19.5. The van der Waals surface area contributed by atoms with Crippen molar-refractivity contribution in [2.75, 3.05) is 12.4 Å². The highest BCUT2D eigenvalue weighted by atomic mass is 32.1. The zero-order chi connectivity index (χ0) is 18.0. The van der Waals surface area contributed by atoms with Crippen LogP contribution in [0.1, 0.15) is 51.4 Å². The summed E-state index contributed by atoms with van der Waals surface area (Å²) in [4.78, 5) is 0. The van der Waals surface area contributed by atoms with Crippen molar-refractivity contribution in [2.45, 2.75) is 51.4 Å². The van der Waals surface area contributed by atoms with Gasteiger partial charge in [-0.3, -0.25) is 0 Å². The summed E-state index contributed by atoms with van der Waals surface area (Å²) in [7, 11) is 0. The lowest BCUT2D eigenvalue weighted by molar-refractivity contribution is 0.304. The first-order valence-corrected chi connectivity index (χ1v) is 10.7. The van der Waals surface area contributed by atoms with E-state index < -0.39 is 0 Å². The summed E-state index contributed by atoms with van der Waals surface area (Å²) in [6.45, 7) is 0.818. The highest BCUT2D eigenvalue weighted by Crippen LogP contribution is 2.26. The predicted octanol–water partition coefficient (Wildman–Crippen LogP) is 7.42. The summed E-state index contributed by atoms with van der Waals surface area (Å²) in [6.07, 6.45) is 10.4. The maximum atomic E-state index is 5.98. The van der Waals surface area contributed by atoms with Gasteiger partial charge in [0, 0.05) is 0 Å². The van der Waals surface area contributed by atoms with Gasteiger partial charge in [-0.2, -0.15) is 12.6 Å². The maximum Gasteiger partial charge on any atom is 0.119 e. The van der Waals surface area contributed by atoms with E-state index in [1.54, 1.807) is 0 Å². The lowest BCUT2D eigenvalue weighted by Gasteiger charge is -2.08. The minimum absolute atomic E-state index is 0.818. The summed E-state index contributed by atoms with van der Waals surface area (Å²) in [5, 5.41) is 5.10. The minimum Gasteiger partial charge on any atom is -0.494 e. The summed E-state index contributed by atoms with van der Waals surface area (Å²) in [5.41, 5.74) is 0. The molecule has 2 heteroatoms. The average molecular weight is 367 g/mol. The van der Waals surface area contributed by atoms with Crippen LogP contribution < -0.4 is 4.74 Å². The second kappa shape index (κ2) is 10.5. The molecule has 0 aliphatic rings. The highest BCUT2D eigenvalue weighted by Gasteiger charge is 2.01. The number of thiol groups is 1. The topological polar surface area (TPSA) is 9.23 Å². The third-order valence-corrected chi connectivity index (χ3v) is 5.31. The van der Waals surface area contributed by atoms with Crippen molar-refractivity contribution in [3.8, 4) is 5.75 Å². The molecule has 0 N–H and O–H groups in total. The van der Waals surface area contributed by atoms with Crippen LogP contribution in [0.4, 0.5) is 0 Å². The quantitative estimate of drug-likeness (QED) is 0.211. The molecule has 0 heterocycles. The van der Waals surface area contributed by atoms with Gasteiger partial charge in [0.1, 0.15) is 5.75 Å². The molecule has 3 rings (SSSR count). The van der Waals surface area contributed by atoms with E-state index in [9.17, 15) is 0 Å². The Morgan fingerprint density at radius 2 is 1.15 bits per heavy atom. The zero-order valence-corrected chi connectivity index (χ0v) is 16.5. The molecule has 0 aromatic heterocycles. The van der Waals surface area contributed by atoms with E-state index in [1.165, 1.54) is 66.5 Å². The number of benzene rings is 3. The SMILES string of the molecule is SCCCCCCCCCCOc1ccc2cc3ccccc3cc2c1. The maximum absolute atomic E-state index is 5.98. The van der Waals surface area contributed by atoms with Crippen LogP contribution in [0.25, 0.3) is 21.5 Å². The van der Waals surface area contributed by atoms with Crippen molar-refractivity contribution in [3.05, 3.63) is 54.6 Å². The molecule has 0 saturated carbocycles. The van der Waals surface area contributed by atoms with E-state index in [0.29, 0.717) is 0 Å². The first-order valence-electron chi connectivity index (χ1n) is 10.0. The summed E-state index contributed by atoms with van der Waals surface area (Å²) < 4.78 is 5.98. The number of hydrogen-bond donors (Lipinski definition) is 1. The number of fused-ring (bicyclic) bond motifs is 2. The van der Waals surface area contributed by atoms with Crippen LogP contribution >= 0.6 is 12.6 Å². The molecule has 3 aromatic carbocycles. The Kier molecular flexibility index (Phi) is 7.69. The van der Waals surface area contributed by atoms with Crippen LogP contribution in [-0.2, 0) is 0 Å². The number of rotatable bonds is 11. The molecule has 0 radical (unpaired) electrons. The predicted molar refractivity (Wildman–Crippen MR) is 118 cm³/mol. The van der Waals surface area contributed by atoms with Crippen molar-refractivity contribution in [3.63, 3.8) is 0 Å². The molecule has 138 valence electrons. The fourth-order valence-electron chi connectivity index (χ4n) is 3.47. The molecule has 26 heavy (non-hydrogen) atoms. The minimum atomic E-state index is 0.818. The largest absolute Gasteiger partial charge is 0.494 e. The molecular formula is C24H30OS. The molecule has 0 aliphatic carbocycles. The number of ether oxygens (including phenoxy) is 1. The van der Waals surface area contributed by atoms with Crippen molar-refractivity contribution < 1.29 is 4.74 Å². The van der Waals surface area contributed by atoms with Crippen LogP contribution in [0.2, 0.25) is 0 Å². The Morgan fingerprint density at radius 1 is 0.577 bits per heavy atom. The normalized spacial score (nSPS) is 11.3. The second-order valence-corrected chi connectivity index (χ2v) is 7.56. The fourth-order valence-corrected chi connectivity index (χ4v) is 3.70. The van der Waals surface area contributed by atoms with Gasteiger partial charge in [0.05, 0.1) is 6.61 Å². The molecule has 0 atom stereocenters. The van der Waals surface area contributed by atoms with Crippen molar-refractivity contribution in [2.24, 2.45) is 0 Å². The van der Waals surface area contributed by atoms with Gasteiger partial charge in [-0.15, -0.1) is 0 Å². The first kappa shape index (κ1) is 19.1. The van der Waals surface area contributed by atoms with E-state index in [0.717, 1.165) is 24.5 Å². The zero-order valence-electron chi connectivity index (χ0n) is 15.6. The van der Waals surface area contributed by atoms with Crippen LogP contribution in [0, 0.1) is 0 Å². The van der Waals surface area contributed by atoms with Crippen molar-refractivity contribution in [1.29, 1.82) is 0 Å². The number of unbranched alkanes of at least 4 members (excludes halogenated alkanes) is 7. The Morgan fingerprint density at radius 3 is 1.85 bits per heavy atom. The van der Waals surface area contributed by atoms with Crippen LogP contribution in [0.5, 0.6) is 5.75 Å². The molecule has 1 nitrogen and oxygen atoms in total. The molecule has 0 saturated heterocycles. The molecular weight excluding hydrogens is 336 g/mol. The summed E-state index contributed by atoms with van der Waals surface area (Å²) in [5.74, 6) is 2.02. The van der Waals surface area contributed by atoms with Crippen molar-refractivity contribution in [1.82, 2.24) is 0 Å². The van der Waals surface area contributed by atoms with Gasteiger partial charge in [0.15, 0.2) is 0 Å². The van der Waals surface area contributed by atoms with E-state index in [4.69, 9.17) is 4.74 Å². The van der Waals surface area contributed by atoms with E-state index >= 15 is 0 Å². The molecule has 0 spiro atoms. The smallest absolute Gasteiger partial charge is 0.119 e. The average Bonchev–Trinajstić information content (AvgIpc) is 2.67. The molecule has 0 amide bonds. The number of hydrogen-bond acceptors (Lipinski definition) is 2. The third kappa shape index (κ3) is 5.67. The second-order valence-electron chi connectivity index (χ2n) is 7.11. The monoisotopic (exact) mass is 366 g/mol. The highest BCUT2D eigenvalue weighted by molar-refractivity contribution is 7.80. The van der Waals surface area contributed by atoms with Gasteiger partial charge in [0.2, 0.25) is 0 Å². The van der Waals surface area contributed by atoms with Gasteiger partial charge in [0.25, 0.3) is 0 Å². The Bertz CT molecular complexity index is 812. The molecule has 3 aromatic rings. The molecule has 0 fully saturated rings. The molecule has 0 aliphatic heterocycles. The fraction of sp³-hybridized carbons (Fsp3) is 0.417. The van der Waals surface area contributed by atoms with Crippen LogP contribution in [0.3, 0.4) is 0 Å². The standard InChI is InChI=1S/C24H30OS/c26-16-10-6-4-2-1-3-5-9-15-25-24-14-13-22-17-20-11-7-8-12-21(20)18-23(22)19-24/h7-8,11-14,17-19,26H,1-6,9-10,15-16H2. The van der Waals surface area contributed by atoms with Gasteiger partial charge in [-0.1, -0.05) is 68.9 Å². The molecule has 0 bridgehead atoms. The van der Waals surface area contributed by atoms with Gasteiger partial charge in [-0.05, 0) is 64.4 Å². The Hall–Kier alpha value is -1.67. The van der Waals surface area contributed by atoms with Crippen LogP contribution in [-0.4, -0.2) is 12.4 Å². The van der Waals surface area contributed by atoms with Gasteiger partial charge in [-0.25, -0.2) is 0 Å². The van der Waals surface area contributed by atoms with E-state index in [-0.39, 0.29) is 0 Å². The third-order valence-electron chi connectivity index (χ3n) is 5.00. The van der Waals surface area contributed by atoms with E-state index in [1.807, 2.05) is 0 Å². The van der Waals surface area contributed by atoms with E-state index in [2.05, 4.69) is 67.2 Å². The first-order chi connectivity index (χ1) is 12.9.